The fourth-order valence-electron chi connectivity index (χ4n) is 3.38. The third-order valence-corrected chi connectivity index (χ3v) is 4.83. The Labute approximate surface area is 147 Å². The average Bonchev–Trinajstić information content (AvgIpc) is 2.98. The van der Waals surface area contributed by atoms with Gasteiger partial charge in [-0.25, -0.2) is 0 Å². The molecule has 2 amide bonds. The number of ether oxygens (including phenoxy) is 1. The zero-order valence-electron chi connectivity index (χ0n) is 14.9. The van der Waals surface area contributed by atoms with Crippen LogP contribution in [0.3, 0.4) is 0 Å². The normalized spacial score (nSPS) is 15.0. The summed E-state index contributed by atoms with van der Waals surface area (Å²) in [6, 6.07) is 8.15. The fraction of sp³-hybridized carbons (Fsp3) is 0.474. The Hall–Kier alpha value is -2.34. The first-order valence-corrected chi connectivity index (χ1v) is 8.69. The van der Waals surface area contributed by atoms with Crippen LogP contribution in [0.1, 0.15) is 12.5 Å². The molecule has 0 unspecified atom stereocenters. The molecule has 0 spiro atoms. The summed E-state index contributed by atoms with van der Waals surface area (Å²) in [5, 5.41) is 1.12. The van der Waals surface area contributed by atoms with Crippen molar-refractivity contribution in [2.24, 2.45) is 0 Å². The number of fused-ring (bicyclic) bond motifs is 1. The van der Waals surface area contributed by atoms with Crippen LogP contribution in [0.25, 0.3) is 10.9 Å². The summed E-state index contributed by atoms with van der Waals surface area (Å²) in [6.07, 6.45) is 2.45. The van der Waals surface area contributed by atoms with Crippen molar-refractivity contribution in [1.82, 2.24) is 14.4 Å². The van der Waals surface area contributed by atoms with E-state index in [2.05, 4.69) is 22.9 Å². The van der Waals surface area contributed by atoms with Crippen LogP contribution in [-0.2, 0) is 27.3 Å². The van der Waals surface area contributed by atoms with Gasteiger partial charge in [0.15, 0.2) is 0 Å². The largest absolute Gasteiger partial charge is 0.383 e. The van der Waals surface area contributed by atoms with E-state index >= 15 is 0 Å². The van der Waals surface area contributed by atoms with Crippen molar-refractivity contribution in [3.8, 4) is 0 Å². The molecule has 0 radical (unpaired) electrons. The van der Waals surface area contributed by atoms with Crippen LogP contribution in [-0.4, -0.2) is 66.1 Å². The third kappa shape index (κ3) is 3.85. The van der Waals surface area contributed by atoms with Gasteiger partial charge in [-0.2, -0.15) is 0 Å². The van der Waals surface area contributed by atoms with Gasteiger partial charge in [-0.05, 0) is 11.6 Å². The van der Waals surface area contributed by atoms with Crippen molar-refractivity contribution in [3.05, 3.63) is 36.0 Å². The predicted molar refractivity (Wildman–Crippen MR) is 96.4 cm³/mol. The molecule has 2 heterocycles. The lowest BCUT2D eigenvalue weighted by molar-refractivity contribution is -0.137. The highest BCUT2D eigenvalue weighted by atomic mass is 16.5. The topological polar surface area (TPSA) is 54.8 Å². The van der Waals surface area contributed by atoms with E-state index in [0.29, 0.717) is 39.2 Å². The summed E-state index contributed by atoms with van der Waals surface area (Å²) in [5.74, 6) is 0.200. The number of hydrogen-bond acceptors (Lipinski definition) is 3. The maximum absolute atomic E-state index is 12.7. The minimum absolute atomic E-state index is 0.0771. The molecule has 1 saturated heterocycles. The first-order valence-electron chi connectivity index (χ1n) is 8.69. The Bertz CT molecular complexity index is 760. The lowest BCUT2D eigenvalue weighted by Crippen LogP contribution is -2.50. The van der Waals surface area contributed by atoms with Crippen LogP contribution in [0.2, 0.25) is 0 Å². The molecule has 25 heavy (non-hydrogen) atoms. The second kappa shape index (κ2) is 7.70. The van der Waals surface area contributed by atoms with Gasteiger partial charge < -0.3 is 19.1 Å². The number of amides is 2. The second-order valence-corrected chi connectivity index (χ2v) is 6.42. The van der Waals surface area contributed by atoms with Gasteiger partial charge in [0.1, 0.15) is 0 Å². The Kier molecular flexibility index (Phi) is 5.38. The van der Waals surface area contributed by atoms with Crippen LogP contribution < -0.4 is 0 Å². The summed E-state index contributed by atoms with van der Waals surface area (Å²) >= 11 is 0. The van der Waals surface area contributed by atoms with E-state index in [1.54, 1.807) is 18.9 Å². The first-order chi connectivity index (χ1) is 12.1. The number of hydrogen-bond donors (Lipinski definition) is 0. The van der Waals surface area contributed by atoms with Gasteiger partial charge >= 0.3 is 0 Å². The van der Waals surface area contributed by atoms with E-state index in [1.807, 2.05) is 17.0 Å². The number of aromatic nitrogens is 1. The van der Waals surface area contributed by atoms with Crippen LogP contribution >= 0.6 is 0 Å². The third-order valence-electron chi connectivity index (χ3n) is 4.83. The molecular weight excluding hydrogens is 318 g/mol. The number of methoxy groups -OCH3 is 1. The molecule has 1 aromatic carbocycles. The number of para-hydroxylation sites is 1. The number of carbonyl (C=O) groups excluding carboxylic acids is 2. The van der Waals surface area contributed by atoms with Crippen LogP contribution in [0.15, 0.2) is 30.5 Å². The van der Waals surface area contributed by atoms with E-state index in [1.165, 1.54) is 0 Å². The lowest BCUT2D eigenvalue weighted by atomic mass is 10.1. The molecule has 0 N–H and O–H groups in total. The number of piperazine rings is 1. The Morgan fingerprint density at radius 3 is 2.44 bits per heavy atom. The van der Waals surface area contributed by atoms with Crippen molar-refractivity contribution in [2.45, 2.75) is 19.9 Å². The molecule has 1 aliphatic rings. The minimum atomic E-state index is 0.0771. The highest BCUT2D eigenvalue weighted by Gasteiger charge is 2.23. The molecule has 134 valence electrons. The smallest absolute Gasteiger partial charge is 0.227 e. The summed E-state index contributed by atoms with van der Waals surface area (Å²) in [7, 11) is 1.69. The van der Waals surface area contributed by atoms with E-state index in [0.717, 1.165) is 23.0 Å². The van der Waals surface area contributed by atoms with Crippen molar-refractivity contribution in [1.29, 1.82) is 0 Å². The fourth-order valence-corrected chi connectivity index (χ4v) is 3.38. The monoisotopic (exact) mass is 343 g/mol. The van der Waals surface area contributed by atoms with Crippen molar-refractivity contribution in [3.63, 3.8) is 0 Å². The number of carbonyl (C=O) groups is 2. The lowest BCUT2D eigenvalue weighted by Gasteiger charge is -2.34. The standard InChI is InChI=1S/C19H25N3O3/c1-15(23)20-7-9-21(10-8-20)19(24)13-16-14-22(11-12-25-2)18-6-4-3-5-17(16)18/h3-6,14H,7-13H2,1-2H3. The second-order valence-electron chi connectivity index (χ2n) is 6.42. The highest BCUT2D eigenvalue weighted by Crippen LogP contribution is 2.22. The number of nitrogens with zero attached hydrogens (tertiary/aromatic N) is 3. The molecule has 0 atom stereocenters. The molecular formula is C19H25N3O3. The van der Waals surface area contributed by atoms with Gasteiger partial charge in [0.25, 0.3) is 0 Å². The zero-order valence-corrected chi connectivity index (χ0v) is 14.9. The van der Waals surface area contributed by atoms with Crippen molar-refractivity contribution >= 4 is 22.7 Å². The summed E-state index contributed by atoms with van der Waals surface area (Å²) in [4.78, 5) is 27.8. The van der Waals surface area contributed by atoms with Gasteiger partial charge in [-0.15, -0.1) is 0 Å². The van der Waals surface area contributed by atoms with Crippen molar-refractivity contribution < 1.29 is 14.3 Å². The summed E-state index contributed by atoms with van der Waals surface area (Å²) in [6.45, 7) is 5.45. The van der Waals surface area contributed by atoms with Gasteiger partial charge in [0, 0.05) is 63.9 Å². The molecule has 2 aromatic rings. The summed E-state index contributed by atoms with van der Waals surface area (Å²) < 4.78 is 7.33. The Morgan fingerprint density at radius 2 is 1.76 bits per heavy atom. The molecule has 0 bridgehead atoms. The highest BCUT2D eigenvalue weighted by molar-refractivity contribution is 5.89. The number of benzene rings is 1. The van der Waals surface area contributed by atoms with Crippen LogP contribution in [0.5, 0.6) is 0 Å². The van der Waals surface area contributed by atoms with Gasteiger partial charge in [0.2, 0.25) is 11.8 Å². The van der Waals surface area contributed by atoms with Crippen LogP contribution in [0.4, 0.5) is 0 Å². The molecule has 3 rings (SSSR count). The molecule has 0 saturated carbocycles. The Morgan fingerprint density at radius 1 is 1.08 bits per heavy atom. The van der Waals surface area contributed by atoms with E-state index in [-0.39, 0.29) is 11.8 Å². The molecule has 1 fully saturated rings. The first kappa shape index (κ1) is 17.5. The van der Waals surface area contributed by atoms with E-state index in [9.17, 15) is 9.59 Å². The predicted octanol–water partition coefficient (Wildman–Crippen LogP) is 1.52. The number of rotatable bonds is 5. The molecule has 6 heteroatoms. The zero-order chi connectivity index (χ0) is 17.8. The molecule has 6 nitrogen and oxygen atoms in total. The maximum Gasteiger partial charge on any atom is 0.227 e. The average molecular weight is 343 g/mol. The van der Waals surface area contributed by atoms with Gasteiger partial charge in [0.05, 0.1) is 13.0 Å². The summed E-state index contributed by atoms with van der Waals surface area (Å²) in [5.41, 5.74) is 2.18. The molecule has 1 aliphatic heterocycles. The molecule has 1 aromatic heterocycles. The molecule has 0 aliphatic carbocycles. The van der Waals surface area contributed by atoms with Gasteiger partial charge in [-0.3, -0.25) is 9.59 Å². The quantitative estimate of drug-likeness (QED) is 0.827. The van der Waals surface area contributed by atoms with Gasteiger partial charge in [-0.1, -0.05) is 18.2 Å². The van der Waals surface area contributed by atoms with E-state index in [4.69, 9.17) is 4.74 Å². The Balaban J connectivity index is 1.72. The minimum Gasteiger partial charge on any atom is -0.383 e. The van der Waals surface area contributed by atoms with Crippen molar-refractivity contribution in [2.75, 3.05) is 39.9 Å². The van der Waals surface area contributed by atoms with Crippen LogP contribution in [0, 0.1) is 0 Å². The SMILES string of the molecule is COCCn1cc(CC(=O)N2CCN(C(C)=O)CC2)c2ccccc21. The van der Waals surface area contributed by atoms with E-state index < -0.39 is 0 Å². The maximum atomic E-state index is 12.7.